The maximum atomic E-state index is 13.4. The molecule has 7 aliphatic rings. The second-order valence-electron chi connectivity index (χ2n) is 12.3. The van der Waals surface area contributed by atoms with Crippen LogP contribution in [0.4, 0.5) is 4.39 Å². The number of likely N-dealkylation sites (tertiary alicyclic amines) is 1. The Hall–Kier alpha value is -1.05. The fraction of sp³-hybridized carbons (Fsp3) is 0.786. The van der Waals surface area contributed by atoms with Gasteiger partial charge < -0.3 is 0 Å². The van der Waals surface area contributed by atoms with E-state index in [9.17, 15) is 4.39 Å². The number of piperidine rings is 1. The molecule has 0 aromatic heterocycles. The van der Waals surface area contributed by atoms with Crippen LogP contribution >= 0.6 is 0 Å². The van der Waals surface area contributed by atoms with Crippen LogP contribution in [0.25, 0.3) is 0 Å². The molecule has 8 rings (SSSR count). The number of hydrogen-bond acceptors (Lipinski definition) is 5. The summed E-state index contributed by atoms with van der Waals surface area (Å²) in [5, 5.41) is 0. The minimum Gasteiger partial charge on any atom is -0.299 e. The second-order valence-corrected chi connectivity index (χ2v) is 12.3. The number of halogens is 1. The predicted molar refractivity (Wildman–Crippen MR) is 124 cm³/mol. The fourth-order valence-corrected chi connectivity index (χ4v) is 8.27. The van der Waals surface area contributed by atoms with Crippen LogP contribution in [-0.2, 0) is 26.1 Å². The van der Waals surface area contributed by atoms with Crippen molar-refractivity contribution < 1.29 is 23.9 Å². The van der Waals surface area contributed by atoms with Gasteiger partial charge in [-0.15, -0.1) is 0 Å². The molecule has 2 aliphatic heterocycles. The Morgan fingerprint density at radius 3 is 2.12 bits per heavy atom. The fourth-order valence-electron chi connectivity index (χ4n) is 8.27. The van der Waals surface area contributed by atoms with Gasteiger partial charge in [0.25, 0.3) is 0 Å². The Balaban J connectivity index is 0.993. The highest BCUT2D eigenvalue weighted by atomic mass is 19.1. The third kappa shape index (κ3) is 3.85. The first-order valence-electron chi connectivity index (χ1n) is 13.8. The average Bonchev–Trinajstić information content (AvgIpc) is 2.85. The standard InChI is InChI=1S/C28H38FNO4/c29-26-7-10-30(11-8-26)18-19-3-5-22(6-4-19)23-2-1-9-27(17-23)31-33-28(34-32-27)24-13-20-12-21(15-24)16-25(28)14-20/h3-6,20-21,23-26H,1-2,7-18H2/t20?,21?,23-,24?,25?,27?,28?/m0/s1. The van der Waals surface area contributed by atoms with E-state index in [1.807, 2.05) is 0 Å². The zero-order valence-corrected chi connectivity index (χ0v) is 20.1. The summed E-state index contributed by atoms with van der Waals surface area (Å²) in [5.41, 5.74) is 2.62. The van der Waals surface area contributed by atoms with E-state index >= 15 is 0 Å². The summed E-state index contributed by atoms with van der Waals surface area (Å²) in [7, 11) is 0. The van der Waals surface area contributed by atoms with Gasteiger partial charge in [-0.3, -0.25) is 4.90 Å². The lowest BCUT2D eigenvalue weighted by Crippen LogP contribution is -2.64. The van der Waals surface area contributed by atoms with Crippen LogP contribution < -0.4 is 0 Å². The number of rotatable bonds is 3. The summed E-state index contributed by atoms with van der Waals surface area (Å²) in [5.74, 6) is 1.39. The van der Waals surface area contributed by atoms with Gasteiger partial charge in [0, 0.05) is 44.3 Å². The highest BCUT2D eigenvalue weighted by Gasteiger charge is 2.64. The Kier molecular flexibility index (Phi) is 5.55. The molecule has 0 unspecified atom stereocenters. The van der Waals surface area contributed by atoms with Crippen molar-refractivity contribution in [3.63, 3.8) is 0 Å². The van der Waals surface area contributed by atoms with Crippen molar-refractivity contribution in [2.24, 2.45) is 23.7 Å². The van der Waals surface area contributed by atoms with Gasteiger partial charge in [-0.2, -0.15) is 19.6 Å². The molecular weight excluding hydrogens is 433 g/mol. The molecule has 0 radical (unpaired) electrons. The van der Waals surface area contributed by atoms with E-state index in [1.165, 1.54) is 43.2 Å². The molecule has 1 atom stereocenters. The predicted octanol–water partition coefficient (Wildman–Crippen LogP) is 6.04. The molecule has 2 spiro atoms. The highest BCUT2D eigenvalue weighted by Crippen LogP contribution is 2.62. The molecule has 2 heterocycles. The molecule has 0 N–H and O–H groups in total. The van der Waals surface area contributed by atoms with Crippen LogP contribution in [0.2, 0.25) is 0 Å². The van der Waals surface area contributed by atoms with Gasteiger partial charge in [-0.05, 0) is 86.7 Å². The van der Waals surface area contributed by atoms with Crippen LogP contribution in [-0.4, -0.2) is 35.7 Å². The molecule has 1 aromatic carbocycles. The monoisotopic (exact) mass is 471 g/mol. The maximum Gasteiger partial charge on any atom is 0.239 e. The van der Waals surface area contributed by atoms with Crippen molar-refractivity contribution in [3.8, 4) is 0 Å². The summed E-state index contributed by atoms with van der Waals surface area (Å²) in [6.45, 7) is 2.61. The quantitative estimate of drug-likeness (QED) is 0.503. The van der Waals surface area contributed by atoms with E-state index in [-0.39, 0.29) is 0 Å². The van der Waals surface area contributed by atoms with E-state index in [1.54, 1.807) is 0 Å². The molecule has 1 aromatic rings. The van der Waals surface area contributed by atoms with Crippen molar-refractivity contribution in [2.45, 2.75) is 101 Å². The third-order valence-electron chi connectivity index (χ3n) is 9.97. The molecule has 186 valence electrons. The molecule has 4 bridgehead atoms. The number of nitrogens with zero attached hydrogens (tertiary/aromatic N) is 1. The van der Waals surface area contributed by atoms with E-state index < -0.39 is 17.7 Å². The molecule has 34 heavy (non-hydrogen) atoms. The summed E-state index contributed by atoms with van der Waals surface area (Å²) in [6.07, 6.45) is 10.6. The average molecular weight is 472 g/mol. The first kappa shape index (κ1) is 22.2. The van der Waals surface area contributed by atoms with Crippen molar-refractivity contribution in [2.75, 3.05) is 13.1 Å². The Bertz CT molecular complexity index is 845. The van der Waals surface area contributed by atoms with Gasteiger partial charge in [0.15, 0.2) is 0 Å². The summed E-state index contributed by atoms with van der Waals surface area (Å²) in [4.78, 5) is 27.2. The molecule has 5 nitrogen and oxygen atoms in total. The first-order chi connectivity index (χ1) is 16.6. The lowest BCUT2D eigenvalue weighted by molar-refractivity contribution is -0.680. The topological polar surface area (TPSA) is 40.2 Å². The second kappa shape index (κ2) is 8.52. The molecule has 6 heteroatoms. The van der Waals surface area contributed by atoms with Crippen molar-refractivity contribution in [1.29, 1.82) is 0 Å². The van der Waals surface area contributed by atoms with Crippen LogP contribution in [0.5, 0.6) is 0 Å². The molecule has 5 saturated carbocycles. The largest absolute Gasteiger partial charge is 0.299 e. The van der Waals surface area contributed by atoms with E-state index in [2.05, 4.69) is 29.2 Å². The number of alkyl halides is 1. The molecule has 2 saturated heterocycles. The SMILES string of the molecule is FC1CCN(Cc2ccc([C@H]3CCCC4(C3)OOC3(OO4)C4CC5CC(C4)CC3C5)cc2)CC1. The summed E-state index contributed by atoms with van der Waals surface area (Å²) >= 11 is 0. The van der Waals surface area contributed by atoms with Crippen molar-refractivity contribution in [3.05, 3.63) is 35.4 Å². The molecular formula is C28H38FNO4. The molecule has 0 amide bonds. The minimum absolute atomic E-state index is 0.366. The Morgan fingerprint density at radius 2 is 1.47 bits per heavy atom. The third-order valence-corrected chi connectivity index (χ3v) is 9.97. The highest BCUT2D eigenvalue weighted by molar-refractivity contribution is 5.26. The smallest absolute Gasteiger partial charge is 0.239 e. The van der Waals surface area contributed by atoms with Crippen molar-refractivity contribution >= 4 is 0 Å². The van der Waals surface area contributed by atoms with E-state index in [0.29, 0.717) is 30.6 Å². The van der Waals surface area contributed by atoms with Gasteiger partial charge >= 0.3 is 0 Å². The van der Waals surface area contributed by atoms with Gasteiger partial charge in [0.2, 0.25) is 11.6 Å². The van der Waals surface area contributed by atoms with Crippen LogP contribution in [0, 0.1) is 23.7 Å². The van der Waals surface area contributed by atoms with Gasteiger partial charge in [-0.1, -0.05) is 24.3 Å². The van der Waals surface area contributed by atoms with Crippen LogP contribution in [0.15, 0.2) is 24.3 Å². The molecule has 5 aliphatic carbocycles. The Morgan fingerprint density at radius 1 is 0.824 bits per heavy atom. The lowest BCUT2D eigenvalue weighted by atomic mass is 9.53. The van der Waals surface area contributed by atoms with E-state index in [4.69, 9.17) is 19.6 Å². The lowest BCUT2D eigenvalue weighted by Gasteiger charge is -2.60. The number of benzene rings is 1. The normalized spacial score (nSPS) is 44.8. The van der Waals surface area contributed by atoms with E-state index in [0.717, 1.165) is 57.2 Å². The zero-order valence-electron chi connectivity index (χ0n) is 20.1. The van der Waals surface area contributed by atoms with Crippen LogP contribution in [0.3, 0.4) is 0 Å². The van der Waals surface area contributed by atoms with Gasteiger partial charge in [-0.25, -0.2) is 4.39 Å². The zero-order chi connectivity index (χ0) is 22.8. The van der Waals surface area contributed by atoms with Crippen LogP contribution in [0.1, 0.15) is 87.7 Å². The van der Waals surface area contributed by atoms with Crippen molar-refractivity contribution in [1.82, 2.24) is 4.90 Å². The summed E-state index contributed by atoms with van der Waals surface area (Å²) < 4.78 is 13.4. The number of hydrogen-bond donors (Lipinski definition) is 0. The minimum atomic E-state index is -0.793. The maximum absolute atomic E-state index is 13.4. The Labute approximate surface area is 202 Å². The molecule has 7 fully saturated rings. The first-order valence-corrected chi connectivity index (χ1v) is 13.8. The summed E-state index contributed by atoms with van der Waals surface area (Å²) in [6, 6.07) is 8.98. The van der Waals surface area contributed by atoms with Gasteiger partial charge in [0.1, 0.15) is 6.17 Å². The van der Waals surface area contributed by atoms with Gasteiger partial charge in [0.05, 0.1) is 0 Å².